The lowest BCUT2D eigenvalue weighted by molar-refractivity contribution is -0.118. The van der Waals surface area contributed by atoms with E-state index in [1.165, 1.54) is 6.92 Å². The Bertz CT molecular complexity index is 560. The molecule has 0 saturated carbocycles. The van der Waals surface area contributed by atoms with Gasteiger partial charge in [0.15, 0.2) is 0 Å². The molecule has 0 saturated heterocycles. The minimum atomic E-state index is -0.198. The maximum atomic E-state index is 12.4. The number of nitrogens with one attached hydrogen (secondary N) is 2. The van der Waals surface area contributed by atoms with Crippen molar-refractivity contribution < 1.29 is 14.3 Å². The zero-order chi connectivity index (χ0) is 16.9. The molecule has 5 nitrogen and oxygen atoms in total. The van der Waals surface area contributed by atoms with E-state index in [0.717, 1.165) is 11.1 Å². The molecule has 0 radical (unpaired) electrons. The first-order valence-electron chi connectivity index (χ1n) is 7.38. The largest absolute Gasteiger partial charge is 0.496 e. The van der Waals surface area contributed by atoms with Gasteiger partial charge in [-0.2, -0.15) is 0 Å². The zero-order valence-electron chi connectivity index (χ0n) is 14.3. The summed E-state index contributed by atoms with van der Waals surface area (Å²) in [7, 11) is 1.58. The Kier molecular flexibility index (Phi) is 5.97. The van der Waals surface area contributed by atoms with Crippen molar-refractivity contribution in [3.63, 3.8) is 0 Å². The van der Waals surface area contributed by atoms with Crippen LogP contribution in [0.2, 0.25) is 0 Å². The van der Waals surface area contributed by atoms with Crippen LogP contribution in [0.3, 0.4) is 0 Å². The fourth-order valence-corrected chi connectivity index (χ4v) is 2.23. The van der Waals surface area contributed by atoms with Crippen LogP contribution >= 0.6 is 0 Å². The molecule has 2 N–H and O–H groups in total. The third-order valence-electron chi connectivity index (χ3n) is 3.27. The lowest BCUT2D eigenvalue weighted by Gasteiger charge is -2.24. The fraction of sp³-hybridized carbons (Fsp3) is 0.529. The van der Waals surface area contributed by atoms with Gasteiger partial charge >= 0.3 is 0 Å². The Morgan fingerprint density at radius 1 is 1.14 bits per heavy atom. The molecule has 0 aliphatic carbocycles. The summed E-state index contributed by atoms with van der Waals surface area (Å²) in [5.41, 5.74) is 2.41. The number of rotatable bonds is 5. The van der Waals surface area contributed by atoms with E-state index in [1.54, 1.807) is 7.11 Å². The van der Waals surface area contributed by atoms with E-state index in [1.807, 2.05) is 19.1 Å². The molecule has 0 heterocycles. The molecule has 5 heteroatoms. The summed E-state index contributed by atoms with van der Waals surface area (Å²) < 4.78 is 5.49. The van der Waals surface area contributed by atoms with Crippen LogP contribution in [-0.4, -0.2) is 32.0 Å². The van der Waals surface area contributed by atoms with Crippen LogP contribution < -0.4 is 15.4 Å². The van der Waals surface area contributed by atoms with Crippen molar-refractivity contribution >= 4 is 11.8 Å². The Hall–Kier alpha value is -2.04. The highest BCUT2D eigenvalue weighted by atomic mass is 16.5. The summed E-state index contributed by atoms with van der Waals surface area (Å²) in [6.45, 7) is 10.4. The summed E-state index contributed by atoms with van der Waals surface area (Å²) in [5, 5.41) is 5.44. The quantitative estimate of drug-likeness (QED) is 0.819. The van der Waals surface area contributed by atoms with E-state index in [0.29, 0.717) is 24.4 Å². The normalized spacial score (nSPS) is 11.0. The first kappa shape index (κ1) is 18.0. The second kappa shape index (κ2) is 7.29. The van der Waals surface area contributed by atoms with Gasteiger partial charge in [-0.15, -0.1) is 0 Å². The van der Waals surface area contributed by atoms with E-state index in [9.17, 15) is 9.59 Å². The van der Waals surface area contributed by atoms with Crippen LogP contribution in [0.15, 0.2) is 12.1 Å². The molecule has 122 valence electrons. The van der Waals surface area contributed by atoms with Crippen molar-refractivity contribution in [1.29, 1.82) is 0 Å². The van der Waals surface area contributed by atoms with E-state index >= 15 is 0 Å². The Balaban J connectivity index is 3.00. The summed E-state index contributed by atoms with van der Waals surface area (Å²) in [6, 6.07) is 3.87. The van der Waals surface area contributed by atoms with Gasteiger partial charge < -0.3 is 15.4 Å². The smallest absolute Gasteiger partial charge is 0.255 e. The van der Waals surface area contributed by atoms with Crippen LogP contribution in [0.1, 0.15) is 49.2 Å². The molecule has 0 unspecified atom stereocenters. The number of aryl methyl sites for hydroxylation is 1. The van der Waals surface area contributed by atoms with Gasteiger partial charge in [-0.05, 0) is 24.0 Å². The highest BCUT2D eigenvalue weighted by Crippen LogP contribution is 2.35. The van der Waals surface area contributed by atoms with Crippen LogP contribution in [0.4, 0.5) is 0 Å². The monoisotopic (exact) mass is 306 g/mol. The van der Waals surface area contributed by atoms with Gasteiger partial charge in [0.1, 0.15) is 5.75 Å². The zero-order valence-corrected chi connectivity index (χ0v) is 14.3. The number of methoxy groups -OCH3 is 1. The maximum Gasteiger partial charge on any atom is 0.255 e. The summed E-state index contributed by atoms with van der Waals surface area (Å²) in [6.07, 6.45) is 0. The molecule has 1 aromatic rings. The first-order chi connectivity index (χ1) is 10.2. The van der Waals surface area contributed by atoms with Gasteiger partial charge in [-0.1, -0.05) is 26.8 Å². The molecule has 1 aromatic carbocycles. The number of hydrogen-bond acceptors (Lipinski definition) is 3. The minimum Gasteiger partial charge on any atom is -0.496 e. The van der Waals surface area contributed by atoms with Crippen molar-refractivity contribution in [2.45, 2.75) is 40.0 Å². The maximum absolute atomic E-state index is 12.4. The lowest BCUT2D eigenvalue weighted by atomic mass is 9.84. The van der Waals surface area contributed by atoms with Crippen molar-refractivity contribution in [1.82, 2.24) is 10.6 Å². The number of ether oxygens (including phenoxy) is 1. The SMILES string of the molecule is COc1c(C(=O)NCCNC(C)=O)cc(C)cc1C(C)(C)C. The van der Waals surface area contributed by atoms with E-state index in [2.05, 4.69) is 31.4 Å². The van der Waals surface area contributed by atoms with E-state index in [4.69, 9.17) is 4.74 Å². The van der Waals surface area contributed by atoms with Gasteiger partial charge in [0.2, 0.25) is 5.91 Å². The van der Waals surface area contributed by atoms with Gasteiger partial charge in [0.25, 0.3) is 5.91 Å². The van der Waals surface area contributed by atoms with Gasteiger partial charge in [-0.3, -0.25) is 9.59 Å². The Labute approximate surface area is 132 Å². The fourth-order valence-electron chi connectivity index (χ4n) is 2.23. The predicted molar refractivity (Wildman–Crippen MR) is 87.4 cm³/mol. The lowest BCUT2D eigenvalue weighted by Crippen LogP contribution is -2.34. The molecular formula is C17H26N2O3. The average Bonchev–Trinajstić information content (AvgIpc) is 2.41. The van der Waals surface area contributed by atoms with Crippen LogP contribution in [-0.2, 0) is 10.2 Å². The molecule has 0 atom stereocenters. The van der Waals surface area contributed by atoms with Crippen molar-refractivity contribution in [2.75, 3.05) is 20.2 Å². The van der Waals surface area contributed by atoms with Gasteiger partial charge in [-0.25, -0.2) is 0 Å². The standard InChI is InChI=1S/C17H26N2O3/c1-11-9-13(16(21)19-8-7-18-12(2)20)15(22-6)14(10-11)17(3,4)5/h9-10H,7-8H2,1-6H3,(H,18,20)(H,19,21). The molecule has 0 aliphatic heterocycles. The molecule has 0 aromatic heterocycles. The predicted octanol–water partition coefficient (Wildman–Crippen LogP) is 2.17. The van der Waals surface area contributed by atoms with E-state index in [-0.39, 0.29) is 17.2 Å². The Morgan fingerprint density at radius 3 is 2.23 bits per heavy atom. The second-order valence-corrected chi connectivity index (χ2v) is 6.38. The molecule has 0 bridgehead atoms. The molecule has 2 amide bonds. The van der Waals surface area contributed by atoms with Gasteiger partial charge in [0.05, 0.1) is 12.7 Å². The molecule has 22 heavy (non-hydrogen) atoms. The number of amides is 2. The summed E-state index contributed by atoms with van der Waals surface area (Å²) in [5.74, 6) is 0.295. The summed E-state index contributed by atoms with van der Waals surface area (Å²) in [4.78, 5) is 23.2. The van der Waals surface area contributed by atoms with Crippen molar-refractivity contribution in [3.8, 4) is 5.75 Å². The van der Waals surface area contributed by atoms with Gasteiger partial charge in [0, 0.05) is 25.6 Å². The molecular weight excluding hydrogens is 280 g/mol. The number of benzene rings is 1. The van der Waals surface area contributed by atoms with Crippen LogP contribution in [0.5, 0.6) is 5.75 Å². The second-order valence-electron chi connectivity index (χ2n) is 6.38. The third-order valence-corrected chi connectivity index (χ3v) is 3.27. The molecule has 0 spiro atoms. The molecule has 0 fully saturated rings. The van der Waals surface area contributed by atoms with Crippen molar-refractivity contribution in [3.05, 3.63) is 28.8 Å². The highest BCUT2D eigenvalue weighted by Gasteiger charge is 2.24. The topological polar surface area (TPSA) is 67.4 Å². The number of hydrogen-bond donors (Lipinski definition) is 2. The average molecular weight is 306 g/mol. The van der Waals surface area contributed by atoms with E-state index < -0.39 is 0 Å². The minimum absolute atomic E-state index is 0.114. The highest BCUT2D eigenvalue weighted by molar-refractivity contribution is 5.97. The van der Waals surface area contributed by atoms with Crippen molar-refractivity contribution in [2.24, 2.45) is 0 Å². The summed E-state index contributed by atoms with van der Waals surface area (Å²) >= 11 is 0. The molecule has 1 rings (SSSR count). The molecule has 0 aliphatic rings. The number of carbonyl (C=O) groups excluding carboxylic acids is 2. The first-order valence-corrected chi connectivity index (χ1v) is 7.38. The number of carbonyl (C=O) groups is 2. The van der Waals surface area contributed by atoms with Crippen LogP contribution in [0.25, 0.3) is 0 Å². The van der Waals surface area contributed by atoms with Crippen LogP contribution in [0, 0.1) is 6.92 Å². The Morgan fingerprint density at radius 2 is 1.73 bits per heavy atom. The third kappa shape index (κ3) is 4.76.